The Hall–Kier alpha value is -3.58. The van der Waals surface area contributed by atoms with Gasteiger partial charge in [-0.3, -0.25) is 25.2 Å². The molecule has 154 valence electrons. The van der Waals surface area contributed by atoms with E-state index in [1.54, 1.807) is 43.4 Å². The maximum absolute atomic E-state index is 12.2. The number of carbonyl (C=O) groups is 2. The van der Waals surface area contributed by atoms with E-state index in [0.717, 1.165) is 11.1 Å². The highest BCUT2D eigenvalue weighted by Crippen LogP contribution is 2.21. The number of benzene rings is 2. The number of nitrogens with one attached hydrogen (secondary N) is 2. The third-order valence-corrected chi connectivity index (χ3v) is 4.83. The first-order valence-electron chi connectivity index (χ1n) is 9.09. The smallest absolute Gasteiger partial charge is 0.269 e. The summed E-state index contributed by atoms with van der Waals surface area (Å²) in [5.74, 6) is -0.352. The molecule has 7 nitrogen and oxygen atoms in total. The second kappa shape index (κ2) is 9.28. The minimum absolute atomic E-state index is 0.156. The second-order valence-corrected chi connectivity index (χ2v) is 7.08. The first-order chi connectivity index (χ1) is 14.3. The van der Waals surface area contributed by atoms with Crippen LogP contribution in [0.5, 0.6) is 5.75 Å². The molecule has 0 aliphatic heterocycles. The fourth-order valence-corrected chi connectivity index (χ4v) is 2.69. The minimum Gasteiger partial charge on any atom is -0.489 e. The van der Waals surface area contributed by atoms with E-state index in [-0.39, 0.29) is 11.1 Å². The number of ether oxygens (including phenoxy) is 1. The van der Waals surface area contributed by atoms with Crippen LogP contribution in [0.3, 0.4) is 0 Å². The number of pyridine rings is 1. The number of aryl methyl sites for hydroxylation is 2. The van der Waals surface area contributed by atoms with Crippen molar-refractivity contribution in [3.05, 3.63) is 98.4 Å². The summed E-state index contributed by atoms with van der Waals surface area (Å²) >= 11 is 6.00. The fourth-order valence-electron chi connectivity index (χ4n) is 2.57. The zero-order valence-electron chi connectivity index (χ0n) is 16.4. The van der Waals surface area contributed by atoms with Gasteiger partial charge in [-0.1, -0.05) is 23.7 Å². The fraction of sp³-hybridized carbons (Fsp3) is 0.136. The van der Waals surface area contributed by atoms with E-state index in [1.165, 1.54) is 22.9 Å². The molecule has 1 aromatic heterocycles. The van der Waals surface area contributed by atoms with E-state index in [2.05, 4.69) is 10.9 Å². The third-order valence-electron chi connectivity index (χ3n) is 4.41. The van der Waals surface area contributed by atoms with Crippen LogP contribution >= 0.6 is 11.6 Å². The van der Waals surface area contributed by atoms with Gasteiger partial charge in [-0.2, -0.15) is 0 Å². The lowest BCUT2D eigenvalue weighted by Crippen LogP contribution is -2.42. The van der Waals surface area contributed by atoms with Crippen LogP contribution in [-0.2, 0) is 13.7 Å². The zero-order chi connectivity index (χ0) is 21.7. The van der Waals surface area contributed by atoms with Crippen molar-refractivity contribution in [1.29, 1.82) is 0 Å². The van der Waals surface area contributed by atoms with Gasteiger partial charge in [-0.05, 0) is 54.4 Å². The van der Waals surface area contributed by atoms with Gasteiger partial charge in [0.15, 0.2) is 0 Å². The van der Waals surface area contributed by atoms with Crippen LogP contribution in [0.2, 0.25) is 5.02 Å². The number of halogens is 1. The molecule has 3 rings (SSSR count). The molecule has 1 heterocycles. The molecule has 3 aromatic rings. The molecule has 0 saturated heterocycles. The summed E-state index contributed by atoms with van der Waals surface area (Å²) in [7, 11) is 1.58. The molecule has 0 unspecified atom stereocenters. The largest absolute Gasteiger partial charge is 0.489 e. The third kappa shape index (κ3) is 5.27. The molecule has 0 bridgehead atoms. The summed E-state index contributed by atoms with van der Waals surface area (Å²) in [5.41, 5.74) is 6.63. The Kier molecular flexibility index (Phi) is 6.54. The van der Waals surface area contributed by atoms with Gasteiger partial charge in [0.25, 0.3) is 17.4 Å². The highest BCUT2D eigenvalue weighted by atomic mass is 35.5. The van der Waals surface area contributed by atoms with E-state index in [4.69, 9.17) is 16.3 Å². The summed E-state index contributed by atoms with van der Waals surface area (Å²) in [4.78, 5) is 35.9. The number of hydrogen-bond acceptors (Lipinski definition) is 4. The molecule has 0 radical (unpaired) electrons. The Labute approximate surface area is 178 Å². The number of nitrogens with zero attached hydrogens (tertiary/aromatic N) is 1. The van der Waals surface area contributed by atoms with E-state index in [9.17, 15) is 14.4 Å². The van der Waals surface area contributed by atoms with Crippen LogP contribution in [0, 0.1) is 6.92 Å². The molecule has 0 atom stereocenters. The predicted molar refractivity (Wildman–Crippen MR) is 114 cm³/mol. The molecular formula is C22H20ClN3O4. The first kappa shape index (κ1) is 21.1. The van der Waals surface area contributed by atoms with Gasteiger partial charge in [0.2, 0.25) is 0 Å². The van der Waals surface area contributed by atoms with Crippen molar-refractivity contribution in [3.63, 3.8) is 0 Å². The van der Waals surface area contributed by atoms with Gasteiger partial charge >= 0.3 is 0 Å². The van der Waals surface area contributed by atoms with Gasteiger partial charge in [-0.25, -0.2) is 0 Å². The van der Waals surface area contributed by atoms with Crippen LogP contribution in [0.4, 0.5) is 0 Å². The van der Waals surface area contributed by atoms with Gasteiger partial charge in [-0.15, -0.1) is 0 Å². The van der Waals surface area contributed by atoms with Crippen molar-refractivity contribution in [3.8, 4) is 5.75 Å². The van der Waals surface area contributed by atoms with Crippen molar-refractivity contribution >= 4 is 23.4 Å². The van der Waals surface area contributed by atoms with Crippen molar-refractivity contribution in [1.82, 2.24) is 15.4 Å². The van der Waals surface area contributed by atoms with E-state index in [0.29, 0.717) is 22.9 Å². The number of hydrogen-bond donors (Lipinski definition) is 2. The first-order valence-corrected chi connectivity index (χ1v) is 9.46. The van der Waals surface area contributed by atoms with E-state index in [1.807, 2.05) is 13.0 Å². The molecule has 2 N–H and O–H groups in total. The topological polar surface area (TPSA) is 89.4 Å². The van der Waals surface area contributed by atoms with Crippen molar-refractivity contribution in [2.24, 2.45) is 7.05 Å². The molecule has 0 fully saturated rings. The summed E-state index contributed by atoms with van der Waals surface area (Å²) in [5, 5.41) is 0.680. The molecule has 0 saturated carbocycles. The highest BCUT2D eigenvalue weighted by Gasteiger charge is 2.10. The number of aromatic nitrogens is 1. The highest BCUT2D eigenvalue weighted by molar-refractivity contribution is 6.31. The Balaban J connectivity index is 1.54. The monoisotopic (exact) mass is 425 g/mol. The van der Waals surface area contributed by atoms with Gasteiger partial charge in [0, 0.05) is 35.5 Å². The van der Waals surface area contributed by atoms with Crippen LogP contribution in [0.15, 0.2) is 65.6 Å². The lowest BCUT2D eigenvalue weighted by atomic mass is 10.1. The summed E-state index contributed by atoms with van der Waals surface area (Å²) in [6.45, 7) is 2.24. The zero-order valence-corrected chi connectivity index (χ0v) is 17.2. The van der Waals surface area contributed by atoms with Crippen LogP contribution in [-0.4, -0.2) is 16.4 Å². The quantitative estimate of drug-likeness (QED) is 0.615. The molecule has 0 aliphatic carbocycles. The lowest BCUT2D eigenvalue weighted by molar-refractivity contribution is 0.0846. The van der Waals surface area contributed by atoms with Gasteiger partial charge < -0.3 is 9.30 Å². The molecule has 0 aliphatic rings. The Morgan fingerprint density at radius 1 is 0.967 bits per heavy atom. The molecule has 30 heavy (non-hydrogen) atoms. The minimum atomic E-state index is -0.579. The van der Waals surface area contributed by atoms with E-state index >= 15 is 0 Å². The molecule has 2 amide bonds. The van der Waals surface area contributed by atoms with Gasteiger partial charge in [0.1, 0.15) is 12.4 Å². The van der Waals surface area contributed by atoms with Crippen molar-refractivity contribution in [2.75, 3.05) is 0 Å². The lowest BCUT2D eigenvalue weighted by Gasteiger charge is -2.10. The maximum Gasteiger partial charge on any atom is 0.269 e. The number of rotatable bonds is 5. The number of hydrazine groups is 1. The SMILES string of the molecule is Cc1cc(OCc2ccc(C(=O)NNC(=O)c3ccn(C)c(=O)c3)cc2)ccc1Cl. The van der Waals surface area contributed by atoms with Crippen molar-refractivity contribution in [2.45, 2.75) is 13.5 Å². The Morgan fingerprint density at radius 2 is 1.63 bits per heavy atom. The summed E-state index contributed by atoms with van der Waals surface area (Å²) in [6.07, 6.45) is 1.48. The average molecular weight is 426 g/mol. The standard InChI is InChI=1S/C22H20ClN3O4/c1-14-11-18(7-8-19(14)23)30-13-15-3-5-16(6-4-15)21(28)24-25-22(29)17-9-10-26(2)20(27)12-17/h3-12H,13H2,1-2H3,(H,24,28)(H,25,29). The second-order valence-electron chi connectivity index (χ2n) is 6.67. The van der Waals surface area contributed by atoms with Crippen molar-refractivity contribution < 1.29 is 14.3 Å². The van der Waals surface area contributed by atoms with Crippen LogP contribution in [0.1, 0.15) is 31.8 Å². The number of carbonyl (C=O) groups excluding carboxylic acids is 2. The average Bonchev–Trinajstić information content (AvgIpc) is 2.75. The normalized spacial score (nSPS) is 10.4. The van der Waals surface area contributed by atoms with E-state index < -0.39 is 11.8 Å². The molecule has 0 spiro atoms. The van der Waals surface area contributed by atoms with Crippen LogP contribution < -0.4 is 21.1 Å². The Morgan fingerprint density at radius 3 is 2.27 bits per heavy atom. The molecule has 2 aromatic carbocycles. The van der Waals surface area contributed by atoms with Crippen LogP contribution in [0.25, 0.3) is 0 Å². The summed E-state index contributed by atoms with van der Waals surface area (Å²) in [6, 6.07) is 14.9. The van der Waals surface area contributed by atoms with Gasteiger partial charge in [0.05, 0.1) is 0 Å². The summed E-state index contributed by atoms with van der Waals surface area (Å²) < 4.78 is 7.07. The number of amides is 2. The maximum atomic E-state index is 12.2. The molecular weight excluding hydrogens is 406 g/mol. The Bertz CT molecular complexity index is 1140. The molecule has 8 heteroatoms. The predicted octanol–water partition coefficient (Wildman–Crippen LogP) is 3.00.